The number of aromatic nitrogens is 1. The smallest absolute Gasteiger partial charge is 0.128 e. The Balaban J connectivity index is 2.00. The Labute approximate surface area is 121 Å². The monoisotopic (exact) mass is 279 g/mol. The van der Waals surface area contributed by atoms with Gasteiger partial charge in [0.25, 0.3) is 0 Å². The van der Waals surface area contributed by atoms with Crippen LogP contribution < -0.4 is 10.2 Å². The lowest BCUT2D eigenvalue weighted by Gasteiger charge is -2.25. The van der Waals surface area contributed by atoms with Crippen LogP contribution in [0.4, 0.5) is 5.82 Å². The first-order valence-electron chi connectivity index (χ1n) is 7.20. The Morgan fingerprint density at radius 1 is 1.47 bits per heavy atom. The highest BCUT2D eigenvalue weighted by Gasteiger charge is 2.21. The van der Waals surface area contributed by atoms with E-state index in [0.29, 0.717) is 6.04 Å². The zero-order valence-electron chi connectivity index (χ0n) is 12.3. The zero-order valence-corrected chi connectivity index (χ0v) is 13.1. The molecule has 1 aliphatic rings. The highest BCUT2D eigenvalue weighted by molar-refractivity contribution is 7.99. The normalized spacial score (nSPS) is 18.8. The Kier molecular flexibility index (Phi) is 5.52. The lowest BCUT2D eigenvalue weighted by atomic mass is 10.2. The average Bonchev–Trinajstić information content (AvgIpc) is 2.94. The van der Waals surface area contributed by atoms with Crippen molar-refractivity contribution in [2.45, 2.75) is 39.3 Å². The highest BCUT2D eigenvalue weighted by atomic mass is 32.2. The van der Waals surface area contributed by atoms with E-state index < -0.39 is 0 Å². The molecule has 106 valence electrons. The van der Waals surface area contributed by atoms with Gasteiger partial charge in [0.1, 0.15) is 5.82 Å². The van der Waals surface area contributed by atoms with Crippen LogP contribution in [0.3, 0.4) is 0 Å². The van der Waals surface area contributed by atoms with Crippen LogP contribution in [0.2, 0.25) is 0 Å². The van der Waals surface area contributed by atoms with Crippen molar-refractivity contribution in [3.8, 4) is 0 Å². The molecule has 3 nitrogen and oxygen atoms in total. The van der Waals surface area contributed by atoms with Crippen LogP contribution in [0.1, 0.15) is 31.0 Å². The number of anilines is 1. The number of thioether (sulfide) groups is 1. The van der Waals surface area contributed by atoms with Crippen molar-refractivity contribution in [2.75, 3.05) is 30.0 Å². The third-order valence-corrected chi connectivity index (χ3v) is 4.88. The summed E-state index contributed by atoms with van der Waals surface area (Å²) in [5.41, 5.74) is 2.46. The van der Waals surface area contributed by atoms with E-state index in [1.54, 1.807) is 0 Å². The second-order valence-electron chi connectivity index (χ2n) is 5.22. The molecule has 0 amide bonds. The molecule has 1 unspecified atom stereocenters. The molecule has 1 aromatic rings. The van der Waals surface area contributed by atoms with Crippen LogP contribution in [0.15, 0.2) is 12.1 Å². The van der Waals surface area contributed by atoms with Crippen molar-refractivity contribution in [1.29, 1.82) is 0 Å². The van der Waals surface area contributed by atoms with E-state index in [2.05, 4.69) is 43.2 Å². The molecule has 4 heteroatoms. The summed E-state index contributed by atoms with van der Waals surface area (Å²) in [6.07, 6.45) is 2.45. The average molecular weight is 279 g/mol. The second-order valence-corrected chi connectivity index (χ2v) is 6.37. The number of aryl methyl sites for hydroxylation is 1. The zero-order chi connectivity index (χ0) is 13.7. The summed E-state index contributed by atoms with van der Waals surface area (Å²) in [7, 11) is 2.17. The van der Waals surface area contributed by atoms with E-state index in [4.69, 9.17) is 4.98 Å². The van der Waals surface area contributed by atoms with E-state index >= 15 is 0 Å². The summed E-state index contributed by atoms with van der Waals surface area (Å²) in [5.74, 6) is 3.63. The fourth-order valence-corrected chi connectivity index (χ4v) is 3.64. The number of rotatable bonds is 6. The van der Waals surface area contributed by atoms with Gasteiger partial charge in [-0.25, -0.2) is 4.98 Å². The molecule has 0 saturated carbocycles. The number of hydrogen-bond donors (Lipinski definition) is 1. The third kappa shape index (κ3) is 3.86. The lowest BCUT2D eigenvalue weighted by Crippen LogP contribution is -2.32. The summed E-state index contributed by atoms with van der Waals surface area (Å²) >= 11 is 2.05. The molecule has 1 atom stereocenters. The van der Waals surface area contributed by atoms with Crippen molar-refractivity contribution in [2.24, 2.45) is 0 Å². The molecule has 2 rings (SSSR count). The first-order chi connectivity index (χ1) is 9.22. The molecule has 1 fully saturated rings. The van der Waals surface area contributed by atoms with Gasteiger partial charge < -0.3 is 10.2 Å². The first-order valence-corrected chi connectivity index (χ1v) is 8.35. The Morgan fingerprint density at radius 3 is 2.95 bits per heavy atom. The van der Waals surface area contributed by atoms with Gasteiger partial charge in [0.2, 0.25) is 0 Å². The standard InChI is InChI=1S/C15H25N3S/c1-4-8-16-10-13-5-6-15(17-12(13)2)18(3)14-7-9-19-11-14/h5-6,14,16H,4,7-11H2,1-3H3. The van der Waals surface area contributed by atoms with Crippen LogP contribution in [-0.4, -0.2) is 36.1 Å². The molecule has 0 spiro atoms. The minimum Gasteiger partial charge on any atom is -0.356 e. The van der Waals surface area contributed by atoms with Gasteiger partial charge in [-0.05, 0) is 43.7 Å². The Morgan fingerprint density at radius 2 is 2.32 bits per heavy atom. The summed E-state index contributed by atoms with van der Waals surface area (Å²) in [4.78, 5) is 7.12. The maximum atomic E-state index is 4.77. The van der Waals surface area contributed by atoms with Crippen molar-refractivity contribution in [1.82, 2.24) is 10.3 Å². The molecule has 1 saturated heterocycles. The SMILES string of the molecule is CCCNCc1ccc(N(C)C2CCSC2)nc1C. The highest BCUT2D eigenvalue weighted by Crippen LogP contribution is 2.25. The molecular weight excluding hydrogens is 254 g/mol. The number of pyridine rings is 1. The van der Waals surface area contributed by atoms with Gasteiger partial charge in [-0.15, -0.1) is 0 Å². The van der Waals surface area contributed by atoms with Crippen molar-refractivity contribution >= 4 is 17.6 Å². The minimum atomic E-state index is 0.654. The number of nitrogens with zero attached hydrogens (tertiary/aromatic N) is 2. The molecule has 1 aliphatic heterocycles. The maximum absolute atomic E-state index is 4.77. The van der Waals surface area contributed by atoms with Crippen molar-refractivity contribution in [3.63, 3.8) is 0 Å². The predicted molar refractivity (Wildman–Crippen MR) is 85.1 cm³/mol. The molecular formula is C15H25N3S. The fourth-order valence-electron chi connectivity index (χ4n) is 2.37. The summed E-state index contributed by atoms with van der Waals surface area (Å²) in [6, 6.07) is 5.04. The molecule has 19 heavy (non-hydrogen) atoms. The van der Waals surface area contributed by atoms with Gasteiger partial charge in [-0.3, -0.25) is 0 Å². The second kappa shape index (κ2) is 7.15. The molecule has 0 aromatic carbocycles. The molecule has 1 aromatic heterocycles. The molecule has 0 aliphatic carbocycles. The van der Waals surface area contributed by atoms with Gasteiger partial charge in [0.05, 0.1) is 0 Å². The summed E-state index contributed by atoms with van der Waals surface area (Å²) < 4.78 is 0. The quantitative estimate of drug-likeness (QED) is 0.811. The summed E-state index contributed by atoms with van der Waals surface area (Å²) in [5, 5.41) is 3.44. The van der Waals surface area contributed by atoms with Gasteiger partial charge in [-0.2, -0.15) is 11.8 Å². The summed E-state index contributed by atoms with van der Waals surface area (Å²) in [6.45, 7) is 6.30. The van der Waals surface area contributed by atoms with Gasteiger partial charge in [-0.1, -0.05) is 13.0 Å². The van der Waals surface area contributed by atoms with E-state index in [1.807, 2.05) is 11.8 Å². The maximum Gasteiger partial charge on any atom is 0.128 e. The van der Waals surface area contributed by atoms with Crippen LogP contribution in [-0.2, 0) is 6.54 Å². The van der Waals surface area contributed by atoms with Crippen LogP contribution in [0, 0.1) is 6.92 Å². The van der Waals surface area contributed by atoms with Gasteiger partial charge >= 0.3 is 0 Å². The molecule has 1 N–H and O–H groups in total. The lowest BCUT2D eigenvalue weighted by molar-refractivity contribution is 0.667. The molecule has 0 bridgehead atoms. The van der Waals surface area contributed by atoms with E-state index in [1.165, 1.54) is 29.9 Å². The Bertz CT molecular complexity index is 402. The van der Waals surface area contributed by atoms with E-state index in [-0.39, 0.29) is 0 Å². The fraction of sp³-hybridized carbons (Fsp3) is 0.667. The van der Waals surface area contributed by atoms with E-state index in [9.17, 15) is 0 Å². The number of nitrogens with one attached hydrogen (secondary N) is 1. The predicted octanol–water partition coefficient (Wildman–Crippen LogP) is 2.83. The van der Waals surface area contributed by atoms with Crippen LogP contribution >= 0.6 is 11.8 Å². The first kappa shape index (κ1) is 14.7. The largest absolute Gasteiger partial charge is 0.356 e. The van der Waals surface area contributed by atoms with Crippen molar-refractivity contribution in [3.05, 3.63) is 23.4 Å². The molecule has 0 radical (unpaired) electrons. The van der Waals surface area contributed by atoms with Crippen LogP contribution in [0.5, 0.6) is 0 Å². The van der Waals surface area contributed by atoms with Crippen molar-refractivity contribution < 1.29 is 0 Å². The Hall–Kier alpha value is -0.740. The third-order valence-electron chi connectivity index (χ3n) is 3.74. The minimum absolute atomic E-state index is 0.654. The topological polar surface area (TPSA) is 28.2 Å². The van der Waals surface area contributed by atoms with Gasteiger partial charge in [0.15, 0.2) is 0 Å². The molecule has 2 heterocycles. The van der Waals surface area contributed by atoms with E-state index in [0.717, 1.165) is 24.6 Å². The number of hydrogen-bond acceptors (Lipinski definition) is 4. The van der Waals surface area contributed by atoms with Crippen LogP contribution in [0.25, 0.3) is 0 Å². The van der Waals surface area contributed by atoms with Gasteiger partial charge in [0, 0.05) is 31.1 Å².